The van der Waals surface area contributed by atoms with E-state index >= 15 is 8.78 Å². The number of halogens is 4. The quantitative estimate of drug-likeness (QED) is 0.196. The fourth-order valence-electron chi connectivity index (χ4n) is 10.1. The molecule has 3 aromatic carbocycles. The number of hydrogen-bond donors (Lipinski definition) is 2. The number of benzene rings is 3. The van der Waals surface area contributed by atoms with E-state index in [9.17, 15) is 9.50 Å². The molecule has 0 radical (unpaired) electrons. The molecule has 0 spiro atoms. The average Bonchev–Trinajstić information content (AvgIpc) is 3.92. The fourth-order valence-corrected chi connectivity index (χ4v) is 10.4. The second-order valence-corrected chi connectivity index (χ2v) is 15.7. The number of aromatic nitrogens is 2. The van der Waals surface area contributed by atoms with Gasteiger partial charge in [-0.05, 0) is 98.2 Å². The van der Waals surface area contributed by atoms with E-state index in [1.54, 1.807) is 6.07 Å². The summed E-state index contributed by atoms with van der Waals surface area (Å²) in [4.78, 5) is 14.2. The summed E-state index contributed by atoms with van der Waals surface area (Å²) in [5, 5.41) is 15.9. The van der Waals surface area contributed by atoms with Crippen LogP contribution in [-0.4, -0.2) is 69.9 Å². The second-order valence-electron chi connectivity index (χ2n) is 15.3. The summed E-state index contributed by atoms with van der Waals surface area (Å²) in [5.41, 5.74) is 0.342. The van der Waals surface area contributed by atoms with Gasteiger partial charge in [-0.2, -0.15) is 9.97 Å². The number of phenolic OH excluding ortho intramolecular Hbond substituents is 1. The minimum Gasteiger partial charge on any atom is -0.508 e. The highest BCUT2D eigenvalue weighted by molar-refractivity contribution is 6.35. The lowest BCUT2D eigenvalue weighted by Crippen LogP contribution is -2.62. The molecule has 9 rings (SSSR count). The summed E-state index contributed by atoms with van der Waals surface area (Å²) in [6, 6.07) is 7.47. The van der Waals surface area contributed by atoms with E-state index in [0.717, 1.165) is 37.8 Å². The maximum atomic E-state index is 17.3. The van der Waals surface area contributed by atoms with Crippen LogP contribution in [0.1, 0.15) is 63.4 Å². The first-order chi connectivity index (χ1) is 24.7. The van der Waals surface area contributed by atoms with Crippen LogP contribution in [0, 0.1) is 29.9 Å². The number of piperazine rings is 1. The highest BCUT2D eigenvalue weighted by Gasteiger charge is 2.51. The van der Waals surface area contributed by atoms with Gasteiger partial charge in [0.1, 0.15) is 29.5 Å². The first-order valence-electron chi connectivity index (χ1n) is 18.0. The molecule has 2 bridgehead atoms. The Balaban J connectivity index is 1.21. The monoisotopic (exact) mass is 713 g/mol. The van der Waals surface area contributed by atoms with Crippen molar-refractivity contribution in [2.24, 2.45) is 5.92 Å². The SMILES string of the molecule is C#Cc1c(F)ccc2cc(O)cc(-c3c(Cl)cc4c(N5C[C@@H]6CC[C@](C7CCCC7)(C5)N6)nc(OC[C@@]56CCCN5C/C(=C\F)C6)nc4c3F)c12. The number of fused-ring (bicyclic) bond motifs is 5. The summed E-state index contributed by atoms with van der Waals surface area (Å²) in [6.07, 6.45) is 15.8. The molecule has 0 amide bonds. The molecule has 4 aromatic rings. The van der Waals surface area contributed by atoms with Crippen molar-refractivity contribution >= 4 is 39.1 Å². The first-order valence-corrected chi connectivity index (χ1v) is 18.4. The molecule has 11 heteroatoms. The molecule has 3 atom stereocenters. The maximum Gasteiger partial charge on any atom is 0.319 e. The van der Waals surface area contributed by atoms with E-state index in [2.05, 4.69) is 26.0 Å². The Labute approximate surface area is 299 Å². The van der Waals surface area contributed by atoms with Crippen molar-refractivity contribution in [2.45, 2.75) is 74.9 Å². The number of rotatable bonds is 6. The Morgan fingerprint density at radius 2 is 1.96 bits per heavy atom. The minimum atomic E-state index is -0.752. The number of anilines is 1. The highest BCUT2D eigenvalue weighted by Crippen LogP contribution is 2.48. The van der Waals surface area contributed by atoms with Gasteiger partial charge in [0, 0.05) is 47.6 Å². The zero-order valence-electron chi connectivity index (χ0n) is 28.3. The lowest BCUT2D eigenvalue weighted by Gasteiger charge is -2.45. The molecule has 1 aromatic heterocycles. The predicted octanol–water partition coefficient (Wildman–Crippen LogP) is 8.04. The average molecular weight is 714 g/mol. The largest absolute Gasteiger partial charge is 0.508 e. The number of aromatic hydroxyl groups is 1. The molecule has 0 unspecified atom stereocenters. The number of nitrogens with one attached hydrogen (secondary N) is 1. The molecular formula is C40H39ClF3N5O2. The van der Waals surface area contributed by atoms with Gasteiger partial charge in [-0.1, -0.05) is 36.4 Å². The third kappa shape index (κ3) is 5.26. The van der Waals surface area contributed by atoms with Crippen molar-refractivity contribution in [1.82, 2.24) is 20.2 Å². The summed E-state index contributed by atoms with van der Waals surface area (Å²) in [5.74, 6) is 1.96. The third-order valence-corrected chi connectivity index (χ3v) is 12.7. The molecule has 5 fully saturated rings. The number of hydrogen-bond acceptors (Lipinski definition) is 7. The predicted molar refractivity (Wildman–Crippen MR) is 193 cm³/mol. The van der Waals surface area contributed by atoms with Crippen LogP contribution in [0.5, 0.6) is 11.8 Å². The molecule has 51 heavy (non-hydrogen) atoms. The maximum absolute atomic E-state index is 17.3. The van der Waals surface area contributed by atoms with E-state index in [0.29, 0.717) is 54.9 Å². The summed E-state index contributed by atoms with van der Waals surface area (Å²) >= 11 is 6.99. The van der Waals surface area contributed by atoms with Gasteiger partial charge in [0.05, 0.1) is 22.5 Å². The van der Waals surface area contributed by atoms with Gasteiger partial charge in [0.15, 0.2) is 5.82 Å². The first kappa shape index (κ1) is 32.8. The van der Waals surface area contributed by atoms with Gasteiger partial charge in [0.2, 0.25) is 0 Å². The van der Waals surface area contributed by atoms with Gasteiger partial charge in [0.25, 0.3) is 0 Å². The Morgan fingerprint density at radius 3 is 2.76 bits per heavy atom. The van der Waals surface area contributed by atoms with Crippen LogP contribution in [-0.2, 0) is 0 Å². The molecule has 2 N–H and O–H groups in total. The van der Waals surface area contributed by atoms with Gasteiger partial charge >= 0.3 is 6.01 Å². The highest BCUT2D eigenvalue weighted by atomic mass is 35.5. The van der Waals surface area contributed by atoms with Crippen LogP contribution in [0.2, 0.25) is 5.02 Å². The van der Waals surface area contributed by atoms with Crippen molar-refractivity contribution in [3.8, 4) is 35.2 Å². The van der Waals surface area contributed by atoms with Gasteiger partial charge < -0.3 is 20.1 Å². The number of nitrogens with zero attached hydrogens (tertiary/aromatic N) is 4. The van der Waals surface area contributed by atoms with Gasteiger partial charge in [-0.25, -0.2) is 13.2 Å². The van der Waals surface area contributed by atoms with E-state index in [1.807, 2.05) is 0 Å². The summed E-state index contributed by atoms with van der Waals surface area (Å²) in [7, 11) is 0. The molecule has 4 aliphatic heterocycles. The van der Waals surface area contributed by atoms with Crippen molar-refractivity contribution in [1.29, 1.82) is 0 Å². The lowest BCUT2D eigenvalue weighted by molar-refractivity contribution is 0.108. The van der Waals surface area contributed by atoms with Crippen molar-refractivity contribution in [2.75, 3.05) is 37.7 Å². The zero-order valence-corrected chi connectivity index (χ0v) is 29.0. The zero-order chi connectivity index (χ0) is 35.1. The Hall–Kier alpha value is -4.04. The normalized spacial score (nSPS) is 27.2. The summed E-state index contributed by atoms with van der Waals surface area (Å²) in [6.45, 7) is 3.04. The molecule has 264 valence electrons. The second kappa shape index (κ2) is 12.3. The Bertz CT molecular complexity index is 2170. The van der Waals surface area contributed by atoms with E-state index in [1.165, 1.54) is 49.9 Å². The number of terminal acetylenes is 1. The molecule has 7 nitrogen and oxygen atoms in total. The van der Waals surface area contributed by atoms with Crippen LogP contribution in [0.4, 0.5) is 19.0 Å². The number of phenols is 1. The Kier molecular flexibility index (Phi) is 7.91. The third-order valence-electron chi connectivity index (χ3n) is 12.4. The van der Waals surface area contributed by atoms with Crippen LogP contribution in [0.15, 0.2) is 42.2 Å². The smallest absolute Gasteiger partial charge is 0.319 e. The van der Waals surface area contributed by atoms with Crippen LogP contribution < -0.4 is 15.0 Å². The van der Waals surface area contributed by atoms with Crippen molar-refractivity contribution in [3.63, 3.8) is 0 Å². The molecule has 1 aliphatic carbocycles. The van der Waals surface area contributed by atoms with Crippen LogP contribution >= 0.6 is 11.6 Å². The van der Waals surface area contributed by atoms with E-state index in [-0.39, 0.29) is 68.1 Å². The Morgan fingerprint density at radius 1 is 1.12 bits per heavy atom. The molecular weight excluding hydrogens is 675 g/mol. The van der Waals surface area contributed by atoms with Crippen molar-refractivity contribution in [3.05, 3.63) is 64.5 Å². The standard InChI is InChI=1S/C40H39ClF3N5O2/c1-2-28-32(43)9-8-24-14-27(50)15-29(33(24)28)34-31(41)16-30-36(35(34)44)45-38(51-22-39-11-5-13-49(39)19-23(17-39)18-42)46-37(30)48-20-26-10-12-40(21-48,47-26)25-6-3-4-7-25/h1,8-9,14-16,18,25-26,47,50H,3-7,10-13,17,19-22H2/b23-18-/t26-,39-,40+/m0/s1. The topological polar surface area (TPSA) is 73.8 Å². The molecule has 5 heterocycles. The fraction of sp³-hybridized carbons (Fsp3) is 0.450. The van der Waals surface area contributed by atoms with Gasteiger partial charge in [-0.3, -0.25) is 4.90 Å². The molecule has 1 saturated carbocycles. The summed E-state index contributed by atoms with van der Waals surface area (Å²) < 4.78 is 52.5. The molecule has 4 saturated heterocycles. The number of ether oxygens (including phenoxy) is 1. The minimum absolute atomic E-state index is 0.00175. The van der Waals surface area contributed by atoms with Crippen LogP contribution in [0.25, 0.3) is 32.8 Å². The van der Waals surface area contributed by atoms with E-state index in [4.69, 9.17) is 27.7 Å². The van der Waals surface area contributed by atoms with E-state index < -0.39 is 11.6 Å². The molecule has 5 aliphatic rings. The van der Waals surface area contributed by atoms with Crippen molar-refractivity contribution < 1.29 is 23.0 Å². The van der Waals surface area contributed by atoms with Gasteiger partial charge in [-0.15, -0.1) is 6.42 Å². The lowest BCUT2D eigenvalue weighted by atomic mass is 9.80. The van der Waals surface area contributed by atoms with Crippen LogP contribution in [0.3, 0.4) is 0 Å².